The van der Waals surface area contributed by atoms with Crippen LogP contribution in [0.25, 0.3) is 0 Å². The fraction of sp³-hybridized carbons (Fsp3) is 0.588. The molecule has 3 heteroatoms. The van der Waals surface area contributed by atoms with Gasteiger partial charge in [-0.05, 0) is 44.8 Å². The summed E-state index contributed by atoms with van der Waals surface area (Å²) in [6.45, 7) is 7.14. The van der Waals surface area contributed by atoms with Crippen LogP contribution in [0, 0.1) is 11.3 Å². The van der Waals surface area contributed by atoms with Gasteiger partial charge in [0.1, 0.15) is 5.54 Å². The fourth-order valence-electron chi connectivity index (χ4n) is 2.98. The quantitative estimate of drug-likeness (QED) is 0.864. The van der Waals surface area contributed by atoms with Crippen LogP contribution < -0.4 is 5.32 Å². The van der Waals surface area contributed by atoms with Crippen molar-refractivity contribution >= 4 is 0 Å². The lowest BCUT2D eigenvalue weighted by atomic mass is 9.90. The van der Waals surface area contributed by atoms with Gasteiger partial charge in [0.2, 0.25) is 0 Å². The predicted octanol–water partition coefficient (Wildman–Crippen LogP) is 2.89. The van der Waals surface area contributed by atoms with E-state index in [-0.39, 0.29) is 0 Å². The standard InChI is InChI=1S/C17H25N3/c1-3-11-19-17(13-18,16-9-5-4-6-10-16)14-20-12-7-8-15(20)2/h4-6,9-10,15,19H,3,7-8,11-12,14H2,1-2H3. The summed E-state index contributed by atoms with van der Waals surface area (Å²) in [5.41, 5.74) is 0.491. The summed E-state index contributed by atoms with van der Waals surface area (Å²) in [5, 5.41) is 13.4. The van der Waals surface area contributed by atoms with Crippen LogP contribution >= 0.6 is 0 Å². The normalized spacial score (nSPS) is 22.4. The number of likely N-dealkylation sites (tertiary alicyclic amines) is 1. The first kappa shape index (κ1) is 15.0. The molecule has 0 radical (unpaired) electrons. The van der Waals surface area contributed by atoms with Crippen molar-refractivity contribution in [1.82, 2.24) is 10.2 Å². The minimum Gasteiger partial charge on any atom is -0.297 e. The second-order valence-corrected chi connectivity index (χ2v) is 5.77. The highest BCUT2D eigenvalue weighted by Gasteiger charge is 2.36. The Balaban J connectivity index is 2.25. The van der Waals surface area contributed by atoms with E-state index in [2.05, 4.69) is 42.3 Å². The summed E-state index contributed by atoms with van der Waals surface area (Å²) < 4.78 is 0. The van der Waals surface area contributed by atoms with Gasteiger partial charge in [0.25, 0.3) is 0 Å². The molecule has 2 rings (SSSR count). The number of hydrogen-bond donors (Lipinski definition) is 1. The maximum Gasteiger partial charge on any atom is 0.145 e. The fourth-order valence-corrected chi connectivity index (χ4v) is 2.98. The van der Waals surface area contributed by atoms with Crippen molar-refractivity contribution in [1.29, 1.82) is 5.26 Å². The molecule has 3 nitrogen and oxygen atoms in total. The van der Waals surface area contributed by atoms with Gasteiger partial charge in [-0.15, -0.1) is 0 Å². The Kier molecular flexibility index (Phi) is 5.17. The summed E-state index contributed by atoms with van der Waals surface area (Å²) in [6.07, 6.45) is 3.52. The van der Waals surface area contributed by atoms with Crippen molar-refractivity contribution in [3.8, 4) is 6.07 Å². The second kappa shape index (κ2) is 6.88. The van der Waals surface area contributed by atoms with E-state index in [1.165, 1.54) is 12.8 Å². The summed E-state index contributed by atoms with van der Waals surface area (Å²) in [7, 11) is 0. The highest BCUT2D eigenvalue weighted by atomic mass is 15.2. The van der Waals surface area contributed by atoms with Gasteiger partial charge in [-0.2, -0.15) is 5.26 Å². The van der Waals surface area contributed by atoms with E-state index in [4.69, 9.17) is 0 Å². The molecule has 1 aromatic rings. The third-order valence-corrected chi connectivity index (χ3v) is 4.27. The van der Waals surface area contributed by atoms with Gasteiger partial charge in [-0.1, -0.05) is 37.3 Å². The van der Waals surface area contributed by atoms with Gasteiger partial charge >= 0.3 is 0 Å². The molecule has 20 heavy (non-hydrogen) atoms. The highest BCUT2D eigenvalue weighted by molar-refractivity contribution is 5.32. The van der Waals surface area contributed by atoms with Crippen molar-refractivity contribution in [2.24, 2.45) is 0 Å². The molecular weight excluding hydrogens is 246 g/mol. The van der Waals surface area contributed by atoms with Crippen LogP contribution in [-0.2, 0) is 5.54 Å². The van der Waals surface area contributed by atoms with Crippen molar-refractivity contribution in [3.63, 3.8) is 0 Å². The molecule has 1 aliphatic heterocycles. The van der Waals surface area contributed by atoms with Crippen LogP contribution in [0.1, 0.15) is 38.7 Å². The van der Waals surface area contributed by atoms with E-state index in [0.29, 0.717) is 6.04 Å². The van der Waals surface area contributed by atoms with Crippen LogP contribution in [0.2, 0.25) is 0 Å². The van der Waals surface area contributed by atoms with E-state index < -0.39 is 5.54 Å². The summed E-state index contributed by atoms with van der Waals surface area (Å²) in [5.74, 6) is 0. The Hall–Kier alpha value is -1.37. The maximum absolute atomic E-state index is 9.86. The Bertz CT molecular complexity index is 451. The molecule has 0 spiro atoms. The average molecular weight is 271 g/mol. The molecule has 0 aliphatic carbocycles. The van der Waals surface area contributed by atoms with Crippen molar-refractivity contribution in [2.75, 3.05) is 19.6 Å². The number of hydrogen-bond acceptors (Lipinski definition) is 3. The molecule has 1 N–H and O–H groups in total. The van der Waals surface area contributed by atoms with Gasteiger partial charge in [0.15, 0.2) is 0 Å². The molecule has 0 amide bonds. The molecule has 1 fully saturated rings. The molecule has 108 valence electrons. The van der Waals surface area contributed by atoms with Gasteiger partial charge in [-0.3, -0.25) is 10.2 Å². The number of nitriles is 1. The molecule has 2 unspecified atom stereocenters. The van der Waals surface area contributed by atoms with E-state index in [1.807, 2.05) is 18.2 Å². The molecule has 0 bridgehead atoms. The highest BCUT2D eigenvalue weighted by Crippen LogP contribution is 2.26. The number of benzene rings is 1. The Morgan fingerprint density at radius 2 is 2.15 bits per heavy atom. The lowest BCUT2D eigenvalue weighted by Gasteiger charge is -2.34. The molecule has 1 heterocycles. The Morgan fingerprint density at radius 1 is 1.40 bits per heavy atom. The van der Waals surface area contributed by atoms with Crippen LogP contribution in [0.15, 0.2) is 30.3 Å². The maximum atomic E-state index is 9.86. The lowest BCUT2D eigenvalue weighted by Crippen LogP contribution is -2.51. The largest absolute Gasteiger partial charge is 0.297 e. The van der Waals surface area contributed by atoms with E-state index >= 15 is 0 Å². The van der Waals surface area contributed by atoms with Gasteiger partial charge in [0, 0.05) is 12.6 Å². The number of rotatable bonds is 6. The topological polar surface area (TPSA) is 39.1 Å². The number of nitrogens with zero attached hydrogens (tertiary/aromatic N) is 2. The summed E-state index contributed by atoms with van der Waals surface area (Å²) in [6, 6.07) is 13.3. The minimum absolute atomic E-state index is 0.579. The first-order valence-electron chi connectivity index (χ1n) is 7.67. The zero-order valence-corrected chi connectivity index (χ0v) is 12.6. The first-order valence-corrected chi connectivity index (χ1v) is 7.67. The Morgan fingerprint density at radius 3 is 2.70 bits per heavy atom. The molecule has 1 aliphatic rings. The van der Waals surface area contributed by atoms with E-state index in [1.54, 1.807) is 0 Å². The monoisotopic (exact) mass is 271 g/mol. The van der Waals surface area contributed by atoms with E-state index in [0.717, 1.165) is 31.6 Å². The molecular formula is C17H25N3. The third kappa shape index (κ3) is 3.20. The van der Waals surface area contributed by atoms with Crippen LogP contribution in [-0.4, -0.2) is 30.6 Å². The average Bonchev–Trinajstić information content (AvgIpc) is 2.89. The SMILES string of the molecule is CCCNC(C#N)(CN1CCCC1C)c1ccccc1. The summed E-state index contributed by atoms with van der Waals surface area (Å²) >= 11 is 0. The third-order valence-electron chi connectivity index (χ3n) is 4.27. The molecule has 0 saturated carbocycles. The van der Waals surface area contributed by atoms with Crippen LogP contribution in [0.4, 0.5) is 0 Å². The molecule has 1 saturated heterocycles. The van der Waals surface area contributed by atoms with Gasteiger partial charge in [0.05, 0.1) is 6.07 Å². The smallest absolute Gasteiger partial charge is 0.145 e. The molecule has 2 atom stereocenters. The van der Waals surface area contributed by atoms with Gasteiger partial charge in [-0.25, -0.2) is 0 Å². The Labute approximate surface area is 122 Å². The minimum atomic E-state index is -0.587. The van der Waals surface area contributed by atoms with E-state index in [9.17, 15) is 5.26 Å². The number of nitrogens with one attached hydrogen (secondary N) is 1. The van der Waals surface area contributed by atoms with Crippen molar-refractivity contribution in [2.45, 2.75) is 44.7 Å². The van der Waals surface area contributed by atoms with Crippen molar-refractivity contribution < 1.29 is 0 Å². The van der Waals surface area contributed by atoms with Crippen molar-refractivity contribution in [3.05, 3.63) is 35.9 Å². The first-order chi connectivity index (χ1) is 9.72. The summed E-state index contributed by atoms with van der Waals surface area (Å²) in [4.78, 5) is 2.44. The second-order valence-electron chi connectivity index (χ2n) is 5.77. The van der Waals surface area contributed by atoms with Crippen LogP contribution in [0.5, 0.6) is 0 Å². The zero-order valence-electron chi connectivity index (χ0n) is 12.6. The predicted molar refractivity (Wildman–Crippen MR) is 82.3 cm³/mol. The molecule has 0 aromatic heterocycles. The van der Waals surface area contributed by atoms with Gasteiger partial charge < -0.3 is 0 Å². The van der Waals surface area contributed by atoms with Crippen LogP contribution in [0.3, 0.4) is 0 Å². The zero-order chi connectivity index (χ0) is 14.4. The lowest BCUT2D eigenvalue weighted by molar-refractivity contribution is 0.206. The molecule has 1 aromatic carbocycles.